The van der Waals surface area contributed by atoms with E-state index in [2.05, 4.69) is 22.9 Å². The van der Waals surface area contributed by atoms with Crippen molar-refractivity contribution in [2.45, 2.75) is 0 Å². The third-order valence-electron chi connectivity index (χ3n) is 2.39. The van der Waals surface area contributed by atoms with Crippen LogP contribution in [0.2, 0.25) is 0 Å². The highest BCUT2D eigenvalue weighted by Crippen LogP contribution is 2.24. The maximum atomic E-state index is 5.22. The lowest BCUT2D eigenvalue weighted by Crippen LogP contribution is -1.87. The predicted molar refractivity (Wildman–Crippen MR) is 72.8 cm³/mol. The fourth-order valence-electron chi connectivity index (χ4n) is 1.49. The zero-order chi connectivity index (χ0) is 12.1. The van der Waals surface area contributed by atoms with E-state index in [0.29, 0.717) is 0 Å². The Kier molecular flexibility index (Phi) is 3.83. The molecule has 0 saturated heterocycles. The Morgan fingerprint density at radius 3 is 2.12 bits per heavy atom. The quantitative estimate of drug-likeness (QED) is 0.813. The first-order valence-electron chi connectivity index (χ1n) is 5.25. The molecule has 3 heteroatoms. The molecule has 0 amide bonds. The number of hydrogen-bond acceptors (Lipinski definition) is 3. The number of benzene rings is 1. The van der Waals surface area contributed by atoms with Gasteiger partial charge >= 0.3 is 0 Å². The van der Waals surface area contributed by atoms with Crippen LogP contribution in [0.25, 0.3) is 12.2 Å². The zero-order valence-electron chi connectivity index (χ0n) is 9.84. The lowest BCUT2D eigenvalue weighted by molar-refractivity contribution is 0.394. The summed E-state index contributed by atoms with van der Waals surface area (Å²) in [6.45, 7) is 0. The third kappa shape index (κ3) is 3.11. The van der Waals surface area contributed by atoms with Crippen LogP contribution in [0, 0.1) is 0 Å². The molecule has 2 rings (SSSR count). The molecule has 0 unspecified atom stereocenters. The largest absolute Gasteiger partial charge is 0.497 e. The summed E-state index contributed by atoms with van der Waals surface area (Å²) in [5.41, 5.74) is 2.27. The summed E-state index contributed by atoms with van der Waals surface area (Å²) < 4.78 is 10.4. The van der Waals surface area contributed by atoms with Crippen LogP contribution in [-0.2, 0) is 0 Å². The molecule has 0 fully saturated rings. The molecule has 0 bridgehead atoms. The highest BCUT2D eigenvalue weighted by molar-refractivity contribution is 7.08. The van der Waals surface area contributed by atoms with Crippen LogP contribution in [0.1, 0.15) is 11.1 Å². The summed E-state index contributed by atoms with van der Waals surface area (Å²) >= 11 is 1.69. The smallest absolute Gasteiger partial charge is 0.123 e. The minimum absolute atomic E-state index is 0.800. The van der Waals surface area contributed by atoms with Gasteiger partial charge in [0.05, 0.1) is 14.2 Å². The maximum Gasteiger partial charge on any atom is 0.123 e. The maximum absolute atomic E-state index is 5.22. The first-order chi connectivity index (χ1) is 8.31. The summed E-state index contributed by atoms with van der Waals surface area (Å²) in [7, 11) is 3.31. The lowest BCUT2D eigenvalue weighted by atomic mass is 10.1. The zero-order valence-corrected chi connectivity index (χ0v) is 10.7. The second-order valence-electron chi connectivity index (χ2n) is 3.54. The second kappa shape index (κ2) is 5.55. The van der Waals surface area contributed by atoms with Crippen molar-refractivity contribution in [3.63, 3.8) is 0 Å². The van der Waals surface area contributed by atoms with Crippen molar-refractivity contribution < 1.29 is 9.47 Å². The Morgan fingerprint density at radius 1 is 0.941 bits per heavy atom. The number of ether oxygens (including phenoxy) is 2. The van der Waals surface area contributed by atoms with Gasteiger partial charge in [-0.3, -0.25) is 0 Å². The molecular weight excluding hydrogens is 232 g/mol. The van der Waals surface area contributed by atoms with E-state index in [4.69, 9.17) is 9.47 Å². The first-order valence-corrected chi connectivity index (χ1v) is 6.19. The van der Waals surface area contributed by atoms with Crippen LogP contribution in [0.5, 0.6) is 11.5 Å². The van der Waals surface area contributed by atoms with Crippen molar-refractivity contribution in [1.29, 1.82) is 0 Å². The lowest BCUT2D eigenvalue weighted by Gasteiger charge is -2.05. The predicted octanol–water partition coefficient (Wildman–Crippen LogP) is 3.94. The molecule has 0 spiro atoms. The first kappa shape index (κ1) is 11.7. The van der Waals surface area contributed by atoms with E-state index in [1.165, 1.54) is 5.56 Å². The molecule has 0 atom stereocenters. The molecule has 2 aromatic rings. The van der Waals surface area contributed by atoms with Crippen LogP contribution < -0.4 is 9.47 Å². The van der Waals surface area contributed by atoms with Crippen molar-refractivity contribution in [2.24, 2.45) is 0 Å². The molecule has 88 valence electrons. The Morgan fingerprint density at radius 2 is 1.59 bits per heavy atom. The Hall–Kier alpha value is -1.74. The fraction of sp³-hybridized carbons (Fsp3) is 0.143. The highest BCUT2D eigenvalue weighted by Gasteiger charge is 1.99. The van der Waals surface area contributed by atoms with Gasteiger partial charge < -0.3 is 9.47 Å². The van der Waals surface area contributed by atoms with E-state index in [1.807, 2.05) is 24.3 Å². The van der Waals surface area contributed by atoms with Crippen LogP contribution >= 0.6 is 11.3 Å². The van der Waals surface area contributed by atoms with Gasteiger partial charge in [-0.1, -0.05) is 12.2 Å². The van der Waals surface area contributed by atoms with Gasteiger partial charge in [0.15, 0.2) is 0 Å². The number of hydrogen-bond donors (Lipinski definition) is 0. The van der Waals surface area contributed by atoms with Gasteiger partial charge in [0.25, 0.3) is 0 Å². The van der Waals surface area contributed by atoms with E-state index in [1.54, 1.807) is 25.6 Å². The van der Waals surface area contributed by atoms with Crippen molar-refractivity contribution in [3.05, 3.63) is 46.2 Å². The Labute approximate surface area is 105 Å². The van der Waals surface area contributed by atoms with E-state index in [0.717, 1.165) is 17.1 Å². The second-order valence-corrected chi connectivity index (χ2v) is 4.32. The monoisotopic (exact) mass is 246 g/mol. The average Bonchev–Trinajstić information content (AvgIpc) is 2.89. The minimum atomic E-state index is 0.800. The summed E-state index contributed by atoms with van der Waals surface area (Å²) in [6.07, 6.45) is 4.12. The van der Waals surface area contributed by atoms with Crippen LogP contribution in [-0.4, -0.2) is 14.2 Å². The summed E-state index contributed by atoms with van der Waals surface area (Å²) in [4.78, 5) is 0. The van der Waals surface area contributed by atoms with Gasteiger partial charge in [-0.25, -0.2) is 0 Å². The summed E-state index contributed by atoms with van der Waals surface area (Å²) in [6, 6.07) is 7.90. The topological polar surface area (TPSA) is 18.5 Å². The van der Waals surface area contributed by atoms with E-state index in [-0.39, 0.29) is 0 Å². The average molecular weight is 246 g/mol. The van der Waals surface area contributed by atoms with Crippen LogP contribution in [0.15, 0.2) is 35.0 Å². The molecule has 0 aliphatic carbocycles. The van der Waals surface area contributed by atoms with Crippen LogP contribution in [0.4, 0.5) is 0 Å². The van der Waals surface area contributed by atoms with E-state index in [9.17, 15) is 0 Å². The van der Waals surface area contributed by atoms with E-state index < -0.39 is 0 Å². The Bertz CT molecular complexity index is 479. The molecule has 2 nitrogen and oxygen atoms in total. The molecule has 0 radical (unpaired) electrons. The highest BCUT2D eigenvalue weighted by atomic mass is 32.1. The van der Waals surface area contributed by atoms with Gasteiger partial charge in [0, 0.05) is 6.07 Å². The fourth-order valence-corrected chi connectivity index (χ4v) is 2.12. The van der Waals surface area contributed by atoms with Gasteiger partial charge in [-0.2, -0.15) is 11.3 Å². The molecule has 17 heavy (non-hydrogen) atoms. The molecule has 1 aromatic heterocycles. The van der Waals surface area contributed by atoms with Gasteiger partial charge in [0.2, 0.25) is 0 Å². The number of rotatable bonds is 4. The molecule has 1 heterocycles. The molecule has 0 saturated carbocycles. The van der Waals surface area contributed by atoms with E-state index >= 15 is 0 Å². The van der Waals surface area contributed by atoms with Crippen molar-refractivity contribution in [2.75, 3.05) is 14.2 Å². The van der Waals surface area contributed by atoms with Gasteiger partial charge in [-0.15, -0.1) is 0 Å². The molecule has 1 aromatic carbocycles. The number of methoxy groups -OCH3 is 2. The minimum Gasteiger partial charge on any atom is -0.497 e. The normalized spacial score (nSPS) is 10.7. The van der Waals surface area contributed by atoms with Crippen molar-refractivity contribution in [3.8, 4) is 11.5 Å². The molecule has 0 N–H and O–H groups in total. The Balaban J connectivity index is 2.25. The molecular formula is C14H14O2S. The third-order valence-corrected chi connectivity index (χ3v) is 3.09. The van der Waals surface area contributed by atoms with Crippen molar-refractivity contribution in [1.82, 2.24) is 0 Å². The molecule has 0 aliphatic rings. The summed E-state index contributed by atoms with van der Waals surface area (Å²) in [5.74, 6) is 1.60. The van der Waals surface area contributed by atoms with Gasteiger partial charge in [-0.05, 0) is 40.1 Å². The molecule has 0 aliphatic heterocycles. The SMILES string of the molecule is COc1cc(/C=C/c2ccsc2)cc(OC)c1. The number of thiophene rings is 1. The summed E-state index contributed by atoms with van der Waals surface area (Å²) in [5, 5.41) is 4.17. The van der Waals surface area contributed by atoms with Gasteiger partial charge in [0.1, 0.15) is 11.5 Å². The van der Waals surface area contributed by atoms with Crippen molar-refractivity contribution >= 4 is 23.5 Å². The standard InChI is InChI=1S/C14H14O2S/c1-15-13-7-12(8-14(9-13)16-2)4-3-11-5-6-17-10-11/h3-10H,1-2H3/b4-3+. The van der Waals surface area contributed by atoms with Crippen LogP contribution in [0.3, 0.4) is 0 Å².